The van der Waals surface area contributed by atoms with Gasteiger partial charge in [0, 0.05) is 38.7 Å². The van der Waals surface area contributed by atoms with Crippen molar-refractivity contribution in [1.29, 1.82) is 0 Å². The first-order valence-corrected chi connectivity index (χ1v) is 12.1. The minimum Gasteiger partial charge on any atom is -0.304 e. The minimum absolute atomic E-state index is 0. The zero-order valence-corrected chi connectivity index (χ0v) is 23.5. The van der Waals surface area contributed by atoms with Crippen molar-refractivity contribution in [2.24, 2.45) is 0 Å². The summed E-state index contributed by atoms with van der Waals surface area (Å²) in [6.45, 7) is 6.42. The van der Waals surface area contributed by atoms with Crippen LogP contribution >= 0.6 is 0 Å². The summed E-state index contributed by atoms with van der Waals surface area (Å²) in [5.74, 6) is 1.23. The van der Waals surface area contributed by atoms with E-state index in [4.69, 9.17) is 0 Å². The Labute approximate surface area is 232 Å². The number of aryl methyl sites for hydroxylation is 1. The molecule has 4 heteroatoms. The Morgan fingerprint density at radius 1 is 0.730 bits per heavy atom. The Hall–Kier alpha value is -3.72. The molecular formula is C33H27IrN3-2. The van der Waals surface area contributed by atoms with Crippen LogP contribution in [0.1, 0.15) is 30.9 Å². The van der Waals surface area contributed by atoms with Crippen molar-refractivity contribution in [1.82, 2.24) is 15.0 Å². The zero-order chi connectivity index (χ0) is 24.9. The second-order valence-electron chi connectivity index (χ2n) is 9.09. The van der Waals surface area contributed by atoms with E-state index in [9.17, 15) is 0 Å². The van der Waals surface area contributed by atoms with Crippen LogP contribution in [0.4, 0.5) is 0 Å². The van der Waals surface area contributed by atoms with Gasteiger partial charge < -0.3 is 4.98 Å². The van der Waals surface area contributed by atoms with Crippen LogP contribution in [0.2, 0.25) is 0 Å². The molecule has 2 heterocycles. The van der Waals surface area contributed by atoms with E-state index in [2.05, 4.69) is 83.4 Å². The summed E-state index contributed by atoms with van der Waals surface area (Å²) in [7, 11) is 0. The monoisotopic (exact) mass is 658 g/mol. The van der Waals surface area contributed by atoms with E-state index in [1.165, 1.54) is 21.9 Å². The summed E-state index contributed by atoms with van der Waals surface area (Å²) in [6, 6.07) is 35.4. The second kappa shape index (κ2) is 12.0. The maximum atomic E-state index is 4.48. The molecule has 4 aromatic carbocycles. The third-order valence-electron chi connectivity index (χ3n) is 6.13. The molecule has 6 aromatic rings. The normalized spacial score (nSPS) is 10.6. The molecule has 0 saturated carbocycles. The molecule has 0 fully saturated rings. The minimum atomic E-state index is 0. The van der Waals surface area contributed by atoms with Crippen molar-refractivity contribution < 1.29 is 20.1 Å². The quantitative estimate of drug-likeness (QED) is 0.142. The van der Waals surface area contributed by atoms with Gasteiger partial charge in [0.2, 0.25) is 0 Å². The molecule has 0 saturated heterocycles. The van der Waals surface area contributed by atoms with Gasteiger partial charge >= 0.3 is 0 Å². The van der Waals surface area contributed by atoms with Crippen LogP contribution in [-0.2, 0) is 20.1 Å². The van der Waals surface area contributed by atoms with E-state index in [1.807, 2.05) is 68.0 Å². The molecule has 0 N–H and O–H groups in total. The molecule has 3 nitrogen and oxygen atoms in total. The van der Waals surface area contributed by atoms with Gasteiger partial charge in [-0.25, -0.2) is 0 Å². The number of hydrogen-bond acceptors (Lipinski definition) is 3. The topological polar surface area (TPSA) is 38.7 Å². The Bertz CT molecular complexity index is 1610. The van der Waals surface area contributed by atoms with Crippen LogP contribution in [0.15, 0.2) is 104 Å². The number of rotatable bonds is 3. The zero-order valence-electron chi connectivity index (χ0n) is 21.1. The summed E-state index contributed by atoms with van der Waals surface area (Å²) < 4.78 is 0. The molecule has 2 aromatic heterocycles. The van der Waals surface area contributed by atoms with Gasteiger partial charge in [0.1, 0.15) is 0 Å². The number of benzene rings is 4. The molecule has 0 bridgehead atoms. The van der Waals surface area contributed by atoms with Gasteiger partial charge in [-0.1, -0.05) is 62.4 Å². The number of nitrogens with zero attached hydrogens (tertiary/aromatic N) is 3. The molecule has 1 radical (unpaired) electrons. The van der Waals surface area contributed by atoms with E-state index in [1.54, 1.807) is 0 Å². The smallest absolute Gasteiger partial charge is 0.0748 e. The summed E-state index contributed by atoms with van der Waals surface area (Å²) in [5, 5.41) is 3.58. The van der Waals surface area contributed by atoms with E-state index in [-0.39, 0.29) is 20.1 Å². The molecule has 6 rings (SSSR count). The number of pyridine rings is 1. The summed E-state index contributed by atoms with van der Waals surface area (Å²) in [4.78, 5) is 13.2. The Morgan fingerprint density at radius 3 is 2.24 bits per heavy atom. The predicted octanol–water partition coefficient (Wildman–Crippen LogP) is 8.23. The Kier molecular flexibility index (Phi) is 8.55. The van der Waals surface area contributed by atoms with Crippen LogP contribution in [-0.4, -0.2) is 15.0 Å². The fraction of sp³-hybridized carbons (Fsp3) is 0.121. The molecule has 0 amide bonds. The van der Waals surface area contributed by atoms with Gasteiger partial charge in [0.25, 0.3) is 0 Å². The third kappa shape index (κ3) is 5.99. The summed E-state index contributed by atoms with van der Waals surface area (Å²) in [6.07, 6.45) is 5.49. The van der Waals surface area contributed by atoms with Crippen LogP contribution in [0.5, 0.6) is 0 Å². The molecule has 0 unspecified atom stereocenters. The molecule has 185 valence electrons. The van der Waals surface area contributed by atoms with Crippen LogP contribution in [0.25, 0.3) is 44.2 Å². The Morgan fingerprint density at radius 2 is 1.49 bits per heavy atom. The molecule has 0 aliphatic rings. The molecule has 37 heavy (non-hydrogen) atoms. The van der Waals surface area contributed by atoms with Crippen molar-refractivity contribution in [3.63, 3.8) is 0 Å². The average molecular weight is 658 g/mol. The number of hydrogen-bond donors (Lipinski definition) is 0. The fourth-order valence-corrected chi connectivity index (χ4v) is 4.28. The van der Waals surface area contributed by atoms with Crippen molar-refractivity contribution in [3.05, 3.63) is 127 Å². The van der Waals surface area contributed by atoms with Gasteiger partial charge in [0.05, 0.1) is 5.82 Å². The second-order valence-corrected chi connectivity index (χ2v) is 9.09. The maximum Gasteiger partial charge on any atom is 0.0748 e. The van der Waals surface area contributed by atoms with E-state index >= 15 is 0 Å². The SMILES string of the molecule is CC(C)c1cc[c-]c2c1ccc1cccnc12.Cc1cnc(-c2[c-]ccc(-c3ccccc3)c2)nc1.[Ir]. The number of fused-ring (bicyclic) bond motifs is 3. The van der Waals surface area contributed by atoms with Gasteiger partial charge in [-0.2, -0.15) is 0 Å². The largest absolute Gasteiger partial charge is 0.304 e. The molecule has 0 aliphatic carbocycles. The van der Waals surface area contributed by atoms with E-state index in [0.29, 0.717) is 11.7 Å². The van der Waals surface area contributed by atoms with Crippen molar-refractivity contribution in [3.8, 4) is 22.5 Å². The van der Waals surface area contributed by atoms with Gasteiger partial charge in [0.15, 0.2) is 0 Å². The summed E-state index contributed by atoms with van der Waals surface area (Å²) >= 11 is 0. The van der Waals surface area contributed by atoms with E-state index in [0.717, 1.165) is 27.6 Å². The van der Waals surface area contributed by atoms with E-state index < -0.39 is 0 Å². The molecule has 0 aliphatic heterocycles. The number of aromatic nitrogens is 3. The molecule has 0 spiro atoms. The molecule has 0 atom stereocenters. The maximum absolute atomic E-state index is 4.48. The average Bonchev–Trinajstić information content (AvgIpc) is 2.94. The Balaban J connectivity index is 0.000000169. The van der Waals surface area contributed by atoms with Crippen LogP contribution < -0.4 is 0 Å². The first-order valence-electron chi connectivity index (χ1n) is 12.1. The van der Waals surface area contributed by atoms with Crippen molar-refractivity contribution in [2.45, 2.75) is 26.7 Å². The third-order valence-corrected chi connectivity index (χ3v) is 6.13. The predicted molar refractivity (Wildman–Crippen MR) is 149 cm³/mol. The first-order chi connectivity index (χ1) is 17.6. The standard InChI is InChI=1S/C17H13N2.C16H14N.Ir/c1-13-11-18-17(19-12-13)16-9-5-8-15(10-16)14-6-3-2-4-7-14;1-11(2)13-6-3-7-15-14(13)9-8-12-5-4-10-17-16(12)15;/h2-8,10-12H,1H3;3-6,8-11H,1-2H3;/q2*-1;. The first kappa shape index (κ1) is 26.3. The fourth-order valence-electron chi connectivity index (χ4n) is 4.28. The van der Waals surface area contributed by atoms with Crippen molar-refractivity contribution in [2.75, 3.05) is 0 Å². The van der Waals surface area contributed by atoms with Gasteiger partial charge in [-0.15, -0.1) is 69.9 Å². The van der Waals surface area contributed by atoms with Crippen LogP contribution in [0, 0.1) is 19.1 Å². The van der Waals surface area contributed by atoms with Gasteiger partial charge in [-0.3, -0.25) is 9.97 Å². The summed E-state index contributed by atoms with van der Waals surface area (Å²) in [5.41, 5.74) is 6.73. The molecular weight excluding hydrogens is 631 g/mol. The van der Waals surface area contributed by atoms with Gasteiger partial charge in [-0.05, 0) is 40.9 Å². The van der Waals surface area contributed by atoms with Crippen molar-refractivity contribution >= 4 is 21.7 Å². The van der Waals surface area contributed by atoms with Crippen LogP contribution in [0.3, 0.4) is 0 Å².